The van der Waals surface area contributed by atoms with Crippen LogP contribution in [0.4, 0.5) is 39.5 Å². The number of aliphatic imine (C=N–C) groups is 1. The lowest BCUT2D eigenvalue weighted by Gasteiger charge is -2.42. The number of halogens is 9. The Balaban J connectivity index is 2.02. The highest BCUT2D eigenvalue weighted by molar-refractivity contribution is 6.10. The lowest BCUT2D eigenvalue weighted by Crippen LogP contribution is -2.65. The highest BCUT2D eigenvalue weighted by Crippen LogP contribution is 2.42. The Morgan fingerprint density at radius 1 is 1.15 bits per heavy atom. The zero-order chi connectivity index (χ0) is 30.2. The predicted octanol–water partition coefficient (Wildman–Crippen LogP) is 1.96. The summed E-state index contributed by atoms with van der Waals surface area (Å²) in [7, 11) is 0. The molecule has 1 aromatic rings. The van der Waals surface area contributed by atoms with Crippen LogP contribution < -0.4 is 16.4 Å². The van der Waals surface area contributed by atoms with Crippen molar-refractivity contribution in [2.75, 3.05) is 13.1 Å². The first-order valence-electron chi connectivity index (χ1n) is 11.3. The van der Waals surface area contributed by atoms with Crippen LogP contribution >= 0.6 is 0 Å². The van der Waals surface area contributed by atoms with Gasteiger partial charge in [0.2, 0.25) is 0 Å². The minimum absolute atomic E-state index is 0.189. The van der Waals surface area contributed by atoms with Crippen LogP contribution in [0.2, 0.25) is 0 Å². The largest absolute Gasteiger partial charge is 0.491 e. The predicted molar refractivity (Wildman–Crippen MR) is 116 cm³/mol. The molecule has 1 aromatic carbocycles. The van der Waals surface area contributed by atoms with Crippen LogP contribution in [0.3, 0.4) is 0 Å². The summed E-state index contributed by atoms with van der Waals surface area (Å²) in [6.07, 6.45) is -11.9. The third kappa shape index (κ3) is 6.00. The van der Waals surface area contributed by atoms with Gasteiger partial charge in [0.1, 0.15) is 11.9 Å². The van der Waals surface area contributed by atoms with Gasteiger partial charge in [0.25, 0.3) is 0 Å². The molecule has 0 spiro atoms. The van der Waals surface area contributed by atoms with Gasteiger partial charge in [-0.3, -0.25) is 14.5 Å². The van der Waals surface area contributed by atoms with E-state index in [1.165, 1.54) is 6.92 Å². The van der Waals surface area contributed by atoms with Gasteiger partial charge in [0.05, 0.1) is 5.70 Å². The van der Waals surface area contributed by atoms with E-state index < -0.39 is 102 Å². The fourth-order valence-electron chi connectivity index (χ4n) is 4.09. The summed E-state index contributed by atoms with van der Waals surface area (Å²) in [5, 5.41) is 4.28. The van der Waals surface area contributed by atoms with E-state index in [-0.39, 0.29) is 17.5 Å². The van der Waals surface area contributed by atoms with Gasteiger partial charge in [0, 0.05) is 37.8 Å². The van der Waals surface area contributed by atoms with Crippen molar-refractivity contribution in [3.8, 4) is 0 Å². The van der Waals surface area contributed by atoms with Crippen molar-refractivity contribution < 1.29 is 58.6 Å². The number of carbonyl (C=O) groups is 3. The van der Waals surface area contributed by atoms with Crippen LogP contribution in [0.1, 0.15) is 18.9 Å². The van der Waals surface area contributed by atoms with E-state index in [9.17, 15) is 53.9 Å². The fraction of sp³-hybridized carbons (Fsp3) is 0.455. The number of ketones is 1. The van der Waals surface area contributed by atoms with Crippen molar-refractivity contribution >= 4 is 23.4 Å². The van der Waals surface area contributed by atoms with Gasteiger partial charge in [-0.25, -0.2) is 23.0 Å². The summed E-state index contributed by atoms with van der Waals surface area (Å²) in [4.78, 5) is 41.2. The molecule has 0 aromatic heterocycles. The molecule has 0 radical (unpaired) electrons. The first-order valence-corrected chi connectivity index (χ1v) is 11.3. The van der Waals surface area contributed by atoms with Gasteiger partial charge in [-0.05, 0) is 25.0 Å². The van der Waals surface area contributed by atoms with E-state index in [1.807, 2.05) is 5.32 Å². The molecule has 0 aliphatic carbocycles. The zero-order valence-electron chi connectivity index (χ0n) is 20.2. The number of benzene rings is 1. The monoisotopic (exact) mass is 589 g/mol. The molecule has 2 unspecified atom stereocenters. The van der Waals surface area contributed by atoms with E-state index in [1.54, 1.807) is 0 Å². The van der Waals surface area contributed by atoms with Gasteiger partial charge in [-0.1, -0.05) is 0 Å². The van der Waals surface area contributed by atoms with Gasteiger partial charge in [-0.15, -0.1) is 0 Å². The number of nitrogens with zero attached hydrogens (tertiary/aromatic N) is 2. The zero-order valence-corrected chi connectivity index (χ0v) is 20.2. The minimum atomic E-state index is -5.77. The van der Waals surface area contributed by atoms with Gasteiger partial charge in [-0.2, -0.15) is 26.3 Å². The second kappa shape index (κ2) is 11.0. The van der Waals surface area contributed by atoms with Gasteiger partial charge in [0.15, 0.2) is 23.1 Å². The van der Waals surface area contributed by atoms with E-state index in [0.717, 1.165) is 0 Å². The summed E-state index contributed by atoms with van der Waals surface area (Å²) in [5.74, 6) is -13.6. The molecule has 3 rings (SSSR count). The number of amides is 1. The lowest BCUT2D eigenvalue weighted by atomic mass is 9.96. The number of ether oxygens (including phenoxy) is 1. The number of esters is 1. The molecule has 0 saturated carbocycles. The van der Waals surface area contributed by atoms with E-state index in [2.05, 4.69) is 15.0 Å². The molecular weight excluding hydrogens is 569 g/mol. The molecule has 2 heterocycles. The van der Waals surface area contributed by atoms with Crippen molar-refractivity contribution in [2.45, 2.75) is 50.1 Å². The van der Waals surface area contributed by atoms with Crippen LogP contribution in [0.25, 0.3) is 0 Å². The molecule has 0 fully saturated rings. The topological polar surface area (TPSA) is 126 Å². The van der Waals surface area contributed by atoms with Crippen LogP contribution in [-0.2, 0) is 25.5 Å². The Morgan fingerprint density at radius 3 is 2.35 bits per heavy atom. The van der Waals surface area contributed by atoms with Crippen molar-refractivity contribution in [3.05, 3.63) is 47.0 Å². The Hall–Kier alpha value is -3.83. The first-order chi connectivity index (χ1) is 18.4. The summed E-state index contributed by atoms with van der Waals surface area (Å²) in [6.45, 7) is 0.295. The molecule has 9 nitrogen and oxygen atoms in total. The molecule has 0 saturated heterocycles. The Labute approximate surface area is 219 Å². The second-order valence-electron chi connectivity index (χ2n) is 8.63. The Morgan fingerprint density at radius 2 is 1.77 bits per heavy atom. The van der Waals surface area contributed by atoms with E-state index >= 15 is 0 Å². The first kappa shape index (κ1) is 30.7. The number of hydrogen-bond donors (Lipinski definition) is 3. The number of hydrogen-bond acceptors (Lipinski definition) is 8. The summed E-state index contributed by atoms with van der Waals surface area (Å²) >= 11 is 0. The quantitative estimate of drug-likeness (QED) is 0.241. The fourth-order valence-corrected chi connectivity index (χ4v) is 4.09. The van der Waals surface area contributed by atoms with Gasteiger partial charge >= 0.3 is 30.1 Å². The van der Waals surface area contributed by atoms with Crippen LogP contribution in [0.5, 0.6) is 0 Å². The summed E-state index contributed by atoms with van der Waals surface area (Å²) < 4.78 is 126. The molecule has 40 heavy (non-hydrogen) atoms. The number of rotatable bonds is 8. The molecule has 1 amide bonds. The third-order valence-electron chi connectivity index (χ3n) is 5.73. The third-order valence-corrected chi connectivity index (χ3v) is 5.73. The minimum Gasteiger partial charge on any atom is -0.402 e. The average molecular weight is 589 g/mol. The number of nitrogens with one attached hydrogen (secondary N) is 2. The van der Waals surface area contributed by atoms with E-state index in [0.29, 0.717) is 12.3 Å². The van der Waals surface area contributed by atoms with Crippen molar-refractivity contribution in [1.82, 2.24) is 15.5 Å². The number of alkyl halides is 6. The number of fused-ring (bicyclic) bond motifs is 1. The maximum absolute atomic E-state index is 14.0. The van der Waals surface area contributed by atoms with E-state index in [4.69, 9.17) is 5.73 Å². The SMILES string of the molecule is CCNC(=O)C1(OC(=O)C(F)(F)F)N=C(C(F)(F)F)C2=CNC[C@H](C(=O)CC(N)Cc3cc(F)c(F)cc3F)N21. The summed E-state index contributed by atoms with van der Waals surface area (Å²) in [5.41, 5.74) is 2.39. The Kier molecular flexibility index (Phi) is 8.43. The number of nitrogens with two attached hydrogens (primary N) is 1. The molecule has 4 N–H and O–H groups in total. The molecule has 220 valence electrons. The molecule has 2 aliphatic rings. The molecule has 0 bridgehead atoms. The average Bonchev–Trinajstić information content (AvgIpc) is 3.18. The summed E-state index contributed by atoms with van der Waals surface area (Å²) in [6, 6.07) is -2.56. The smallest absolute Gasteiger partial charge is 0.402 e. The highest BCUT2D eigenvalue weighted by atomic mass is 19.4. The normalized spacial score (nSPS) is 21.6. The molecule has 2 aliphatic heterocycles. The second-order valence-corrected chi connectivity index (χ2v) is 8.63. The number of likely N-dealkylation sites (N-methyl/N-ethyl adjacent to an activating group) is 1. The van der Waals surface area contributed by atoms with Crippen LogP contribution in [-0.4, -0.2) is 71.6 Å². The Bertz CT molecular complexity index is 1260. The molecule has 3 atom stereocenters. The maximum Gasteiger partial charge on any atom is 0.491 e. The van der Waals surface area contributed by atoms with Crippen molar-refractivity contribution in [3.63, 3.8) is 0 Å². The van der Waals surface area contributed by atoms with Gasteiger partial charge < -0.3 is 21.1 Å². The lowest BCUT2D eigenvalue weighted by molar-refractivity contribution is -0.227. The number of carbonyl (C=O) groups excluding carboxylic acids is 3. The highest BCUT2D eigenvalue weighted by Gasteiger charge is 2.64. The van der Waals surface area contributed by atoms with Crippen molar-refractivity contribution in [2.24, 2.45) is 10.7 Å². The van der Waals surface area contributed by atoms with Crippen molar-refractivity contribution in [1.29, 1.82) is 0 Å². The number of Topliss-reactive ketones (excluding diaryl/α,β-unsaturated/α-hetero) is 1. The molecule has 18 heteroatoms. The molecular formula is C22H20F9N5O4. The standard InChI is InChI=1S/C22H20F9N5O4/c1-2-34-18(38)22(40-19(39)21(29,30)31)35-17(20(26,27)28)15-8-33-7-14(36(15)22)16(37)5-10(32)3-9-4-12(24)13(25)6-11(9)23/h4,6,8,10,14,33H,2-3,5,7,32H2,1H3,(H,34,38)/t10?,14-,22?/m1/s1. The van der Waals surface area contributed by atoms with Crippen LogP contribution in [0, 0.1) is 17.5 Å². The van der Waals surface area contributed by atoms with Crippen LogP contribution in [0.15, 0.2) is 29.0 Å². The number of allylic oxidation sites excluding steroid dienone is 1. The maximum atomic E-state index is 14.0.